The molecule has 2 fully saturated rings. The van der Waals surface area contributed by atoms with Gasteiger partial charge in [0, 0.05) is 16.7 Å². The van der Waals surface area contributed by atoms with Crippen LogP contribution in [0.5, 0.6) is 0 Å². The second-order valence-electron chi connectivity index (χ2n) is 4.89. The topological polar surface area (TPSA) is 24.9 Å². The van der Waals surface area contributed by atoms with Gasteiger partial charge in [-0.1, -0.05) is 0 Å². The molecule has 0 aliphatic heterocycles. The summed E-state index contributed by atoms with van der Waals surface area (Å²) in [6, 6.07) is 2.79. The van der Waals surface area contributed by atoms with Gasteiger partial charge in [-0.15, -0.1) is 0 Å². The third kappa shape index (κ3) is 1.89. The number of aryl methyl sites for hydroxylation is 1. The van der Waals surface area contributed by atoms with Crippen LogP contribution in [0.1, 0.15) is 24.8 Å². The van der Waals surface area contributed by atoms with E-state index in [1.807, 2.05) is 6.20 Å². The second-order valence-corrected chi connectivity index (χ2v) is 5.74. The number of hydrogen-bond acceptors (Lipinski definition) is 2. The molecule has 3 rings (SSSR count). The van der Waals surface area contributed by atoms with Crippen molar-refractivity contribution in [3.8, 4) is 0 Å². The summed E-state index contributed by atoms with van der Waals surface area (Å²) in [5.74, 6) is 3.08. The summed E-state index contributed by atoms with van der Waals surface area (Å²) in [4.78, 5) is 4.38. The van der Waals surface area contributed by atoms with Crippen LogP contribution >= 0.6 is 15.9 Å². The highest BCUT2D eigenvalue weighted by molar-refractivity contribution is 9.10. The Hall–Kier alpha value is -0.570. The van der Waals surface area contributed by atoms with Crippen LogP contribution in [0.4, 0.5) is 5.82 Å². The first-order valence-corrected chi connectivity index (χ1v) is 6.40. The average molecular weight is 267 g/mol. The number of aromatic nitrogens is 1. The fraction of sp³-hybridized carbons (Fsp3) is 0.583. The number of pyridine rings is 1. The molecule has 1 aromatic rings. The molecular formula is C12H15BrN2. The van der Waals surface area contributed by atoms with Crippen molar-refractivity contribution in [3.63, 3.8) is 0 Å². The van der Waals surface area contributed by atoms with Crippen LogP contribution in [0.25, 0.3) is 0 Å². The van der Waals surface area contributed by atoms with E-state index in [-0.39, 0.29) is 0 Å². The van der Waals surface area contributed by atoms with E-state index in [1.165, 1.54) is 24.8 Å². The summed E-state index contributed by atoms with van der Waals surface area (Å²) in [6.45, 7) is 2.10. The molecule has 2 aliphatic rings. The zero-order chi connectivity index (χ0) is 10.4. The van der Waals surface area contributed by atoms with Crippen molar-refractivity contribution in [2.45, 2.75) is 32.2 Å². The third-order valence-electron chi connectivity index (χ3n) is 3.64. The van der Waals surface area contributed by atoms with Crippen LogP contribution in [-0.2, 0) is 0 Å². The Bertz CT molecular complexity index is 381. The molecule has 0 amide bonds. The standard InChI is InChI=1S/C12H15BrN2/c1-7-2-12(14-6-11(7)13)15-10-4-8-3-9(8)5-10/h2,6,8-10H,3-5H2,1H3,(H,14,15). The van der Waals surface area contributed by atoms with Gasteiger partial charge in [0.2, 0.25) is 0 Å². The van der Waals surface area contributed by atoms with Crippen LogP contribution in [0.2, 0.25) is 0 Å². The first-order chi connectivity index (χ1) is 7.22. The molecule has 3 heteroatoms. The molecule has 2 aliphatic carbocycles. The lowest BCUT2D eigenvalue weighted by Gasteiger charge is -2.15. The SMILES string of the molecule is Cc1cc(NC2CC3CC3C2)ncc1Br. The van der Waals surface area contributed by atoms with Gasteiger partial charge < -0.3 is 5.32 Å². The predicted molar refractivity (Wildman–Crippen MR) is 64.9 cm³/mol. The van der Waals surface area contributed by atoms with Crippen molar-refractivity contribution in [3.05, 3.63) is 22.3 Å². The molecule has 1 aromatic heterocycles. The molecular weight excluding hydrogens is 252 g/mol. The van der Waals surface area contributed by atoms with E-state index < -0.39 is 0 Å². The minimum atomic E-state index is 0.668. The number of anilines is 1. The van der Waals surface area contributed by atoms with Crippen LogP contribution in [0.15, 0.2) is 16.7 Å². The van der Waals surface area contributed by atoms with E-state index in [2.05, 4.69) is 39.2 Å². The maximum atomic E-state index is 4.38. The van der Waals surface area contributed by atoms with E-state index in [4.69, 9.17) is 0 Å². The molecule has 0 bridgehead atoms. The summed E-state index contributed by atoms with van der Waals surface area (Å²) in [5, 5.41) is 3.54. The Morgan fingerprint density at radius 2 is 2.07 bits per heavy atom. The molecule has 1 heterocycles. The van der Waals surface area contributed by atoms with Gasteiger partial charge >= 0.3 is 0 Å². The van der Waals surface area contributed by atoms with E-state index in [0.717, 1.165) is 22.1 Å². The Balaban J connectivity index is 1.68. The molecule has 0 aromatic carbocycles. The smallest absolute Gasteiger partial charge is 0.126 e. The summed E-state index contributed by atoms with van der Waals surface area (Å²) in [5.41, 5.74) is 1.25. The molecule has 2 atom stereocenters. The number of fused-ring (bicyclic) bond motifs is 1. The maximum Gasteiger partial charge on any atom is 0.126 e. The van der Waals surface area contributed by atoms with Crippen LogP contribution < -0.4 is 5.32 Å². The predicted octanol–water partition coefficient (Wildman–Crippen LogP) is 3.36. The van der Waals surface area contributed by atoms with Crippen LogP contribution in [0.3, 0.4) is 0 Å². The largest absolute Gasteiger partial charge is 0.367 e. The lowest BCUT2D eigenvalue weighted by atomic mass is 10.1. The number of nitrogens with one attached hydrogen (secondary N) is 1. The average Bonchev–Trinajstić information content (AvgIpc) is 2.81. The minimum absolute atomic E-state index is 0.668. The Kier molecular flexibility index (Phi) is 2.23. The van der Waals surface area contributed by atoms with Crippen molar-refractivity contribution < 1.29 is 0 Å². The molecule has 1 N–H and O–H groups in total. The van der Waals surface area contributed by atoms with E-state index in [9.17, 15) is 0 Å². The van der Waals surface area contributed by atoms with Crippen molar-refractivity contribution >= 4 is 21.7 Å². The molecule has 2 unspecified atom stereocenters. The molecule has 0 spiro atoms. The fourth-order valence-electron chi connectivity index (χ4n) is 2.66. The molecule has 2 saturated carbocycles. The minimum Gasteiger partial charge on any atom is -0.367 e. The Labute approximate surface area is 98.6 Å². The normalized spacial score (nSPS) is 32.5. The first kappa shape index (κ1) is 9.64. The van der Waals surface area contributed by atoms with E-state index in [0.29, 0.717) is 6.04 Å². The highest BCUT2D eigenvalue weighted by Gasteiger charge is 2.45. The molecule has 80 valence electrons. The van der Waals surface area contributed by atoms with Gasteiger partial charge in [0.05, 0.1) is 0 Å². The van der Waals surface area contributed by atoms with Gasteiger partial charge in [0.25, 0.3) is 0 Å². The molecule has 15 heavy (non-hydrogen) atoms. The lowest BCUT2D eigenvalue weighted by molar-refractivity contribution is 0.649. The first-order valence-electron chi connectivity index (χ1n) is 5.61. The summed E-state index contributed by atoms with van der Waals surface area (Å²) < 4.78 is 1.09. The van der Waals surface area contributed by atoms with Crippen molar-refractivity contribution in [1.82, 2.24) is 4.98 Å². The maximum absolute atomic E-state index is 4.38. The Morgan fingerprint density at radius 1 is 1.33 bits per heavy atom. The van der Waals surface area contributed by atoms with Crippen molar-refractivity contribution in [2.75, 3.05) is 5.32 Å². The van der Waals surface area contributed by atoms with Crippen molar-refractivity contribution in [2.24, 2.45) is 11.8 Å². The van der Waals surface area contributed by atoms with Gasteiger partial charge in [-0.3, -0.25) is 0 Å². The van der Waals surface area contributed by atoms with Gasteiger partial charge in [0.15, 0.2) is 0 Å². The van der Waals surface area contributed by atoms with E-state index in [1.54, 1.807) is 0 Å². The lowest BCUT2D eigenvalue weighted by Crippen LogP contribution is -2.17. The number of rotatable bonds is 2. The van der Waals surface area contributed by atoms with Crippen LogP contribution in [-0.4, -0.2) is 11.0 Å². The van der Waals surface area contributed by atoms with Crippen LogP contribution in [0, 0.1) is 18.8 Å². The highest BCUT2D eigenvalue weighted by Crippen LogP contribution is 2.52. The fourth-order valence-corrected chi connectivity index (χ4v) is 2.88. The van der Waals surface area contributed by atoms with Gasteiger partial charge in [0.1, 0.15) is 5.82 Å². The number of halogens is 1. The highest BCUT2D eigenvalue weighted by atomic mass is 79.9. The number of hydrogen-bond donors (Lipinski definition) is 1. The summed E-state index contributed by atoms with van der Waals surface area (Å²) >= 11 is 3.47. The summed E-state index contributed by atoms with van der Waals surface area (Å²) in [7, 11) is 0. The Morgan fingerprint density at radius 3 is 2.73 bits per heavy atom. The third-order valence-corrected chi connectivity index (χ3v) is 4.47. The zero-order valence-corrected chi connectivity index (χ0v) is 10.4. The monoisotopic (exact) mass is 266 g/mol. The van der Waals surface area contributed by atoms with Gasteiger partial charge in [-0.2, -0.15) is 0 Å². The quantitative estimate of drug-likeness (QED) is 0.888. The molecule has 2 nitrogen and oxygen atoms in total. The number of nitrogens with zero attached hydrogens (tertiary/aromatic N) is 1. The van der Waals surface area contributed by atoms with Gasteiger partial charge in [-0.05, 0) is 65.6 Å². The second kappa shape index (κ2) is 3.48. The van der Waals surface area contributed by atoms with Crippen molar-refractivity contribution in [1.29, 1.82) is 0 Å². The van der Waals surface area contributed by atoms with Gasteiger partial charge in [-0.25, -0.2) is 4.98 Å². The van der Waals surface area contributed by atoms with E-state index >= 15 is 0 Å². The summed E-state index contributed by atoms with van der Waals surface area (Å²) in [6.07, 6.45) is 6.06. The molecule has 0 radical (unpaired) electrons. The zero-order valence-electron chi connectivity index (χ0n) is 8.83. The molecule has 0 saturated heterocycles.